The molecule has 1 aliphatic rings. The van der Waals surface area contributed by atoms with Gasteiger partial charge in [0.05, 0.1) is 11.1 Å². The van der Waals surface area contributed by atoms with Gasteiger partial charge in [-0.15, -0.1) is 0 Å². The summed E-state index contributed by atoms with van der Waals surface area (Å²) < 4.78 is 18.2. The Hall–Kier alpha value is -4.33. The molecule has 0 saturated carbocycles. The zero-order valence-electron chi connectivity index (χ0n) is 17.4. The van der Waals surface area contributed by atoms with Crippen molar-refractivity contribution in [3.05, 3.63) is 101 Å². The summed E-state index contributed by atoms with van der Waals surface area (Å²) in [6, 6.07) is 19.0. The highest BCUT2D eigenvalue weighted by Gasteiger charge is 2.43. The van der Waals surface area contributed by atoms with Crippen LogP contribution in [0.2, 0.25) is 0 Å². The van der Waals surface area contributed by atoms with Gasteiger partial charge >= 0.3 is 5.97 Å². The summed E-state index contributed by atoms with van der Waals surface area (Å²) in [6.07, 6.45) is 0.0325. The smallest absolute Gasteiger partial charge is 0.330 e. The number of anilines is 1. The molecule has 8 heteroatoms. The molecule has 33 heavy (non-hydrogen) atoms. The van der Waals surface area contributed by atoms with Gasteiger partial charge in [-0.25, -0.2) is 9.18 Å². The maximum atomic E-state index is 13.0. The Morgan fingerprint density at radius 2 is 1.42 bits per heavy atom. The topological polar surface area (TPSA) is 92.8 Å². The summed E-state index contributed by atoms with van der Waals surface area (Å²) in [7, 11) is 0. The highest BCUT2D eigenvalue weighted by Crippen LogP contribution is 2.26. The number of carbonyl (C=O) groups excluding carboxylic acids is 4. The number of carbonyl (C=O) groups is 4. The Labute approximate surface area is 188 Å². The van der Waals surface area contributed by atoms with E-state index in [2.05, 4.69) is 5.32 Å². The van der Waals surface area contributed by atoms with Crippen molar-refractivity contribution in [1.82, 2.24) is 4.90 Å². The number of nitrogens with one attached hydrogen (secondary N) is 1. The lowest BCUT2D eigenvalue weighted by Crippen LogP contribution is -2.47. The second-order valence-corrected chi connectivity index (χ2v) is 7.39. The Bertz CT molecular complexity index is 1180. The number of hydrogen-bond donors (Lipinski definition) is 1. The van der Waals surface area contributed by atoms with Crippen LogP contribution in [-0.4, -0.2) is 41.2 Å². The largest absolute Gasteiger partial charge is 0.454 e. The first-order chi connectivity index (χ1) is 15.9. The molecule has 0 bridgehead atoms. The van der Waals surface area contributed by atoms with Gasteiger partial charge in [0.2, 0.25) is 0 Å². The number of halogens is 1. The Morgan fingerprint density at radius 3 is 2.03 bits per heavy atom. The van der Waals surface area contributed by atoms with Gasteiger partial charge in [-0.05, 0) is 42.0 Å². The SMILES string of the molecule is O=C(COC(=O)C(Cc1ccccc1)N1C(=O)c2ccccc2C1=O)Nc1ccc(F)cc1. The number of amides is 3. The summed E-state index contributed by atoms with van der Waals surface area (Å²) in [6.45, 7) is -0.634. The van der Waals surface area contributed by atoms with E-state index in [1.54, 1.807) is 42.5 Å². The summed E-state index contributed by atoms with van der Waals surface area (Å²) >= 11 is 0. The number of esters is 1. The van der Waals surface area contributed by atoms with Crippen LogP contribution in [0.5, 0.6) is 0 Å². The molecule has 1 aliphatic heterocycles. The standard InChI is InChI=1S/C25H19FN2O5/c26-17-10-12-18(13-11-17)27-22(29)15-33-25(32)21(14-16-6-2-1-3-7-16)28-23(30)19-8-4-5-9-20(19)24(28)31/h1-13,21H,14-15H2,(H,27,29). The average Bonchev–Trinajstić information content (AvgIpc) is 3.08. The highest BCUT2D eigenvalue weighted by molar-refractivity contribution is 6.22. The van der Waals surface area contributed by atoms with Crippen LogP contribution in [-0.2, 0) is 20.7 Å². The molecule has 1 unspecified atom stereocenters. The minimum absolute atomic E-state index is 0.0325. The second-order valence-electron chi connectivity index (χ2n) is 7.39. The number of imide groups is 1. The van der Waals surface area contributed by atoms with Crippen LogP contribution in [0, 0.1) is 5.82 Å². The van der Waals surface area contributed by atoms with E-state index < -0.39 is 42.2 Å². The minimum atomic E-state index is -1.25. The molecule has 4 rings (SSSR count). The van der Waals surface area contributed by atoms with Gasteiger partial charge in [-0.1, -0.05) is 42.5 Å². The van der Waals surface area contributed by atoms with Crippen LogP contribution in [0.3, 0.4) is 0 Å². The minimum Gasteiger partial charge on any atom is -0.454 e. The number of ether oxygens (including phenoxy) is 1. The maximum absolute atomic E-state index is 13.0. The molecule has 1 atom stereocenters. The van der Waals surface area contributed by atoms with Crippen LogP contribution >= 0.6 is 0 Å². The summed E-state index contributed by atoms with van der Waals surface area (Å²) in [5, 5.41) is 2.48. The number of hydrogen-bond acceptors (Lipinski definition) is 5. The van der Waals surface area contributed by atoms with Gasteiger partial charge in [-0.3, -0.25) is 19.3 Å². The van der Waals surface area contributed by atoms with E-state index in [0.717, 1.165) is 4.90 Å². The zero-order valence-corrected chi connectivity index (χ0v) is 17.4. The van der Waals surface area contributed by atoms with Crippen molar-refractivity contribution in [3.63, 3.8) is 0 Å². The van der Waals surface area contributed by atoms with E-state index in [4.69, 9.17) is 4.74 Å². The van der Waals surface area contributed by atoms with Crippen LogP contribution in [0.25, 0.3) is 0 Å². The first kappa shape index (κ1) is 21.9. The van der Waals surface area contributed by atoms with Gasteiger partial charge in [0, 0.05) is 12.1 Å². The van der Waals surface area contributed by atoms with Gasteiger partial charge < -0.3 is 10.1 Å². The quantitative estimate of drug-likeness (QED) is 0.444. The Kier molecular flexibility index (Phi) is 6.26. The van der Waals surface area contributed by atoms with Crippen molar-refractivity contribution in [2.75, 3.05) is 11.9 Å². The van der Waals surface area contributed by atoms with Gasteiger partial charge in [0.25, 0.3) is 17.7 Å². The Balaban J connectivity index is 1.50. The molecular weight excluding hydrogens is 427 g/mol. The van der Waals surface area contributed by atoms with Crippen molar-refractivity contribution in [2.24, 2.45) is 0 Å². The lowest BCUT2D eigenvalue weighted by atomic mass is 10.0. The van der Waals surface area contributed by atoms with Crippen LogP contribution < -0.4 is 5.32 Å². The van der Waals surface area contributed by atoms with Crippen LogP contribution in [0.15, 0.2) is 78.9 Å². The third-order valence-electron chi connectivity index (χ3n) is 5.15. The predicted molar refractivity (Wildman–Crippen MR) is 117 cm³/mol. The van der Waals surface area contributed by atoms with Crippen molar-refractivity contribution < 1.29 is 28.3 Å². The fourth-order valence-electron chi connectivity index (χ4n) is 3.57. The maximum Gasteiger partial charge on any atom is 0.330 e. The van der Waals surface area contributed by atoms with Crippen molar-refractivity contribution >= 4 is 29.4 Å². The fraction of sp³-hybridized carbons (Fsp3) is 0.120. The lowest BCUT2D eigenvalue weighted by molar-refractivity contribution is -0.151. The molecule has 0 aromatic heterocycles. The third kappa shape index (κ3) is 4.79. The predicted octanol–water partition coefficient (Wildman–Crippen LogP) is 3.21. The van der Waals surface area contributed by atoms with Gasteiger partial charge in [0.1, 0.15) is 11.9 Å². The molecule has 1 heterocycles. The van der Waals surface area contributed by atoms with Crippen LogP contribution in [0.1, 0.15) is 26.3 Å². The second kappa shape index (κ2) is 9.44. The van der Waals surface area contributed by atoms with E-state index >= 15 is 0 Å². The molecule has 3 aromatic carbocycles. The molecule has 0 radical (unpaired) electrons. The molecule has 166 valence electrons. The van der Waals surface area contributed by atoms with E-state index in [-0.39, 0.29) is 17.5 Å². The number of fused-ring (bicyclic) bond motifs is 1. The van der Waals surface area contributed by atoms with E-state index in [1.807, 2.05) is 0 Å². The molecule has 7 nitrogen and oxygen atoms in total. The average molecular weight is 446 g/mol. The molecule has 0 fully saturated rings. The summed E-state index contributed by atoms with van der Waals surface area (Å²) in [5.41, 5.74) is 1.47. The summed E-state index contributed by atoms with van der Waals surface area (Å²) in [4.78, 5) is 51.9. The molecule has 3 amide bonds. The Morgan fingerprint density at radius 1 is 0.848 bits per heavy atom. The van der Waals surface area contributed by atoms with Crippen molar-refractivity contribution in [2.45, 2.75) is 12.5 Å². The van der Waals surface area contributed by atoms with Gasteiger partial charge in [0.15, 0.2) is 6.61 Å². The molecule has 0 aliphatic carbocycles. The van der Waals surface area contributed by atoms with Crippen molar-refractivity contribution in [1.29, 1.82) is 0 Å². The van der Waals surface area contributed by atoms with E-state index in [9.17, 15) is 23.6 Å². The van der Waals surface area contributed by atoms with Gasteiger partial charge in [-0.2, -0.15) is 0 Å². The van der Waals surface area contributed by atoms with Crippen molar-refractivity contribution in [3.8, 4) is 0 Å². The monoisotopic (exact) mass is 446 g/mol. The molecule has 1 N–H and O–H groups in total. The first-order valence-corrected chi connectivity index (χ1v) is 10.2. The van der Waals surface area contributed by atoms with Crippen LogP contribution in [0.4, 0.5) is 10.1 Å². The molecule has 3 aromatic rings. The van der Waals surface area contributed by atoms with E-state index in [1.165, 1.54) is 36.4 Å². The molecule has 0 spiro atoms. The summed E-state index contributed by atoms with van der Waals surface area (Å²) in [5.74, 6) is -3.17. The lowest BCUT2D eigenvalue weighted by Gasteiger charge is -2.24. The highest BCUT2D eigenvalue weighted by atomic mass is 19.1. The van der Waals surface area contributed by atoms with E-state index in [0.29, 0.717) is 11.3 Å². The first-order valence-electron chi connectivity index (χ1n) is 10.2. The zero-order chi connectivity index (χ0) is 23.4. The number of nitrogens with zero attached hydrogens (tertiary/aromatic N) is 1. The number of benzene rings is 3. The number of rotatable bonds is 7. The third-order valence-corrected chi connectivity index (χ3v) is 5.15. The normalized spacial score (nSPS) is 13.4. The molecular formula is C25H19FN2O5. The molecule has 0 saturated heterocycles. The fourth-order valence-corrected chi connectivity index (χ4v) is 3.57.